The molecule has 1 N–H and O–H groups in total. The summed E-state index contributed by atoms with van der Waals surface area (Å²) in [6, 6.07) is 25.0. The van der Waals surface area contributed by atoms with Crippen molar-refractivity contribution in [2.45, 2.75) is 32.4 Å². The number of nitrogens with one attached hydrogen (secondary N) is 1. The maximum absolute atomic E-state index is 12.6. The first-order valence-corrected chi connectivity index (χ1v) is 10.9. The summed E-state index contributed by atoms with van der Waals surface area (Å²) in [7, 11) is 1.61. The molecular formula is C27H30N2O2. The Bertz CT molecular complexity index is 1040. The molecule has 1 fully saturated rings. The molecule has 4 rings (SSSR count). The van der Waals surface area contributed by atoms with Crippen LogP contribution in [-0.4, -0.2) is 37.0 Å². The van der Waals surface area contributed by atoms with Crippen LogP contribution in [0.3, 0.4) is 0 Å². The second kappa shape index (κ2) is 9.80. The summed E-state index contributed by atoms with van der Waals surface area (Å²) in [5.74, 6) is 0.679. The first-order valence-electron chi connectivity index (χ1n) is 10.9. The highest BCUT2D eigenvalue weighted by Gasteiger charge is 2.21. The second-order valence-corrected chi connectivity index (χ2v) is 8.33. The molecule has 1 saturated heterocycles. The van der Waals surface area contributed by atoms with Gasteiger partial charge in [-0.25, -0.2) is 0 Å². The molecule has 3 aromatic rings. The standard InChI is InChI=1S/C27H30N2O2/c1-20-6-3-8-22(16-20)23-9-4-7-21(17-23)19-29-14-12-25(13-15-29)28-27(30)24-10-5-11-26(18-24)31-2/h3-11,16-18,25H,12-15,19H2,1-2H3,(H,28,30). The number of amides is 1. The Morgan fingerprint density at radius 2 is 1.68 bits per heavy atom. The molecule has 0 radical (unpaired) electrons. The van der Waals surface area contributed by atoms with Crippen LogP contribution >= 0.6 is 0 Å². The van der Waals surface area contributed by atoms with Crippen molar-refractivity contribution in [3.63, 3.8) is 0 Å². The van der Waals surface area contributed by atoms with Crippen LogP contribution in [0.25, 0.3) is 11.1 Å². The number of benzene rings is 3. The van der Waals surface area contributed by atoms with Gasteiger partial charge in [0.05, 0.1) is 7.11 Å². The molecular weight excluding hydrogens is 384 g/mol. The summed E-state index contributed by atoms with van der Waals surface area (Å²) >= 11 is 0. The lowest BCUT2D eigenvalue weighted by atomic mass is 10.00. The van der Waals surface area contributed by atoms with Crippen molar-refractivity contribution in [3.05, 3.63) is 89.5 Å². The van der Waals surface area contributed by atoms with Crippen LogP contribution in [0.1, 0.15) is 34.3 Å². The Morgan fingerprint density at radius 1 is 0.968 bits per heavy atom. The van der Waals surface area contributed by atoms with Crippen LogP contribution in [0, 0.1) is 6.92 Å². The molecule has 1 aliphatic rings. The fraction of sp³-hybridized carbons (Fsp3) is 0.296. The Hall–Kier alpha value is -3.11. The fourth-order valence-corrected chi connectivity index (χ4v) is 4.20. The minimum atomic E-state index is -0.0248. The van der Waals surface area contributed by atoms with Gasteiger partial charge in [-0.2, -0.15) is 0 Å². The lowest BCUT2D eigenvalue weighted by molar-refractivity contribution is 0.0908. The van der Waals surface area contributed by atoms with Gasteiger partial charge in [-0.3, -0.25) is 9.69 Å². The van der Waals surface area contributed by atoms with Crippen molar-refractivity contribution in [1.82, 2.24) is 10.2 Å². The van der Waals surface area contributed by atoms with Gasteiger partial charge < -0.3 is 10.1 Å². The average Bonchev–Trinajstić information content (AvgIpc) is 2.80. The molecule has 0 unspecified atom stereocenters. The minimum Gasteiger partial charge on any atom is -0.497 e. The summed E-state index contributed by atoms with van der Waals surface area (Å²) in [5, 5.41) is 3.19. The van der Waals surface area contributed by atoms with E-state index in [4.69, 9.17) is 4.74 Å². The van der Waals surface area contributed by atoms with Crippen LogP contribution in [0.5, 0.6) is 5.75 Å². The van der Waals surface area contributed by atoms with E-state index in [1.165, 1.54) is 22.3 Å². The number of nitrogens with zero attached hydrogens (tertiary/aromatic N) is 1. The molecule has 1 heterocycles. The molecule has 4 heteroatoms. The number of aryl methyl sites for hydroxylation is 1. The normalized spacial score (nSPS) is 14.9. The number of hydrogen-bond acceptors (Lipinski definition) is 3. The third-order valence-electron chi connectivity index (χ3n) is 5.94. The van der Waals surface area contributed by atoms with E-state index in [0.29, 0.717) is 11.3 Å². The van der Waals surface area contributed by atoms with Gasteiger partial charge in [0.2, 0.25) is 0 Å². The fourth-order valence-electron chi connectivity index (χ4n) is 4.20. The molecule has 3 aromatic carbocycles. The van der Waals surface area contributed by atoms with Crippen molar-refractivity contribution >= 4 is 5.91 Å². The number of piperidine rings is 1. The van der Waals surface area contributed by atoms with Crippen molar-refractivity contribution in [3.8, 4) is 16.9 Å². The molecule has 0 aliphatic carbocycles. The van der Waals surface area contributed by atoms with Crippen LogP contribution in [0.2, 0.25) is 0 Å². The number of carbonyl (C=O) groups is 1. The van der Waals surface area contributed by atoms with Gasteiger partial charge in [0.15, 0.2) is 0 Å². The first-order chi connectivity index (χ1) is 15.1. The highest BCUT2D eigenvalue weighted by molar-refractivity contribution is 5.94. The van der Waals surface area contributed by atoms with Gasteiger partial charge in [-0.1, -0.05) is 54.1 Å². The lowest BCUT2D eigenvalue weighted by Gasteiger charge is -2.32. The molecule has 4 nitrogen and oxygen atoms in total. The van der Waals surface area contributed by atoms with Gasteiger partial charge in [-0.05, 0) is 60.7 Å². The van der Waals surface area contributed by atoms with E-state index in [1.54, 1.807) is 13.2 Å². The van der Waals surface area contributed by atoms with Gasteiger partial charge in [0, 0.05) is 31.2 Å². The predicted molar refractivity (Wildman–Crippen MR) is 125 cm³/mol. The number of carbonyl (C=O) groups excluding carboxylic acids is 1. The van der Waals surface area contributed by atoms with E-state index in [-0.39, 0.29) is 11.9 Å². The zero-order valence-corrected chi connectivity index (χ0v) is 18.3. The molecule has 0 aromatic heterocycles. The molecule has 1 aliphatic heterocycles. The number of hydrogen-bond donors (Lipinski definition) is 1. The Balaban J connectivity index is 1.31. The molecule has 1 amide bonds. The van der Waals surface area contributed by atoms with E-state index in [0.717, 1.165) is 32.5 Å². The summed E-state index contributed by atoms with van der Waals surface area (Å²) < 4.78 is 5.22. The first kappa shape index (κ1) is 21.1. The lowest BCUT2D eigenvalue weighted by Crippen LogP contribution is -2.44. The van der Waals surface area contributed by atoms with Gasteiger partial charge in [-0.15, -0.1) is 0 Å². The van der Waals surface area contributed by atoms with E-state index < -0.39 is 0 Å². The largest absolute Gasteiger partial charge is 0.497 e. The van der Waals surface area contributed by atoms with E-state index in [2.05, 4.69) is 65.7 Å². The van der Waals surface area contributed by atoms with E-state index in [9.17, 15) is 4.79 Å². The highest BCUT2D eigenvalue weighted by Crippen LogP contribution is 2.23. The molecule has 0 bridgehead atoms. The van der Waals surface area contributed by atoms with Crippen LogP contribution in [-0.2, 0) is 6.54 Å². The number of likely N-dealkylation sites (tertiary alicyclic amines) is 1. The Kier molecular flexibility index (Phi) is 6.68. The maximum Gasteiger partial charge on any atom is 0.251 e. The third kappa shape index (κ3) is 5.53. The smallest absolute Gasteiger partial charge is 0.251 e. The SMILES string of the molecule is COc1cccc(C(=O)NC2CCN(Cc3cccc(-c4cccc(C)c4)c3)CC2)c1. The van der Waals surface area contributed by atoms with Crippen molar-refractivity contribution in [2.75, 3.05) is 20.2 Å². The minimum absolute atomic E-state index is 0.0248. The quantitative estimate of drug-likeness (QED) is 0.613. The summed E-state index contributed by atoms with van der Waals surface area (Å²) in [6.45, 7) is 5.04. The van der Waals surface area contributed by atoms with E-state index in [1.807, 2.05) is 18.2 Å². The summed E-state index contributed by atoms with van der Waals surface area (Å²) in [6.07, 6.45) is 1.93. The highest BCUT2D eigenvalue weighted by atomic mass is 16.5. The van der Waals surface area contributed by atoms with Crippen molar-refractivity contribution in [1.29, 1.82) is 0 Å². The second-order valence-electron chi connectivity index (χ2n) is 8.33. The van der Waals surface area contributed by atoms with Gasteiger partial charge >= 0.3 is 0 Å². The maximum atomic E-state index is 12.6. The zero-order chi connectivity index (χ0) is 21.6. The van der Waals surface area contributed by atoms with Crippen LogP contribution < -0.4 is 10.1 Å². The predicted octanol–water partition coefficient (Wildman–Crippen LogP) is 5.07. The Morgan fingerprint density at radius 3 is 2.42 bits per heavy atom. The number of methoxy groups -OCH3 is 1. The molecule has 160 valence electrons. The Labute approximate surface area is 184 Å². The number of rotatable bonds is 6. The van der Waals surface area contributed by atoms with Crippen LogP contribution in [0.4, 0.5) is 0 Å². The summed E-state index contributed by atoms with van der Waals surface area (Å²) in [5.41, 5.74) is 5.79. The van der Waals surface area contributed by atoms with Gasteiger partial charge in [0.25, 0.3) is 5.91 Å². The molecule has 0 atom stereocenters. The monoisotopic (exact) mass is 414 g/mol. The molecule has 0 saturated carbocycles. The van der Waals surface area contributed by atoms with Crippen molar-refractivity contribution in [2.24, 2.45) is 0 Å². The van der Waals surface area contributed by atoms with Crippen molar-refractivity contribution < 1.29 is 9.53 Å². The molecule has 0 spiro atoms. The average molecular weight is 415 g/mol. The number of ether oxygens (including phenoxy) is 1. The van der Waals surface area contributed by atoms with Gasteiger partial charge in [0.1, 0.15) is 5.75 Å². The zero-order valence-electron chi connectivity index (χ0n) is 18.3. The topological polar surface area (TPSA) is 41.6 Å². The third-order valence-corrected chi connectivity index (χ3v) is 5.94. The van der Waals surface area contributed by atoms with E-state index >= 15 is 0 Å². The molecule has 31 heavy (non-hydrogen) atoms. The van der Waals surface area contributed by atoms with Crippen LogP contribution in [0.15, 0.2) is 72.8 Å². The summed E-state index contributed by atoms with van der Waals surface area (Å²) in [4.78, 5) is 15.0.